The summed E-state index contributed by atoms with van der Waals surface area (Å²) in [4.78, 5) is 43.5. The largest absolute Gasteiger partial charge is 0.290 e. The van der Waals surface area contributed by atoms with E-state index in [4.69, 9.17) is 0 Å². The van der Waals surface area contributed by atoms with Gasteiger partial charge in [0.05, 0.1) is 11.8 Å². The Morgan fingerprint density at radius 2 is 1.47 bits per heavy atom. The highest BCUT2D eigenvalue weighted by molar-refractivity contribution is 6.10. The number of amides is 3. The maximum Gasteiger partial charge on any atom is 0.259 e. The van der Waals surface area contributed by atoms with Gasteiger partial charge < -0.3 is 0 Å². The Labute approximate surface area is 187 Å². The van der Waals surface area contributed by atoms with Crippen molar-refractivity contribution in [2.24, 2.45) is 35.5 Å². The van der Waals surface area contributed by atoms with Crippen LogP contribution in [-0.2, 0) is 9.59 Å². The number of carbonyl (C=O) groups excluding carboxylic acids is 3. The SMILES string of the molecule is Cc1cc(C)cc(N(CN2C(=O)[C@@H]3[C@H]4C=C[C@H]([C@H]5C[C@H]45)[C@@H]3C2=O)C(=O)c2ccccc2)c1. The number of aryl methyl sites for hydroxylation is 2. The highest BCUT2D eigenvalue weighted by Crippen LogP contribution is 2.65. The molecule has 6 atom stereocenters. The van der Waals surface area contributed by atoms with E-state index < -0.39 is 0 Å². The summed E-state index contributed by atoms with van der Waals surface area (Å²) in [5, 5.41) is 0. The predicted molar refractivity (Wildman–Crippen MR) is 121 cm³/mol. The zero-order valence-corrected chi connectivity index (χ0v) is 18.3. The van der Waals surface area contributed by atoms with Crippen molar-refractivity contribution in [2.45, 2.75) is 20.3 Å². The summed E-state index contributed by atoms with van der Waals surface area (Å²) < 4.78 is 0. The van der Waals surface area contributed by atoms with Gasteiger partial charge in [-0.3, -0.25) is 24.2 Å². The number of hydrogen-bond donors (Lipinski definition) is 0. The minimum atomic E-state index is -0.255. The van der Waals surface area contributed by atoms with E-state index in [9.17, 15) is 14.4 Å². The third-order valence-corrected chi connectivity index (χ3v) is 7.82. The molecule has 0 aromatic heterocycles. The van der Waals surface area contributed by atoms with E-state index in [1.54, 1.807) is 17.0 Å². The normalized spacial score (nSPS) is 31.5. The number of carbonyl (C=O) groups is 3. The van der Waals surface area contributed by atoms with E-state index in [2.05, 4.69) is 12.2 Å². The highest BCUT2D eigenvalue weighted by Gasteiger charge is 2.67. The van der Waals surface area contributed by atoms with Gasteiger partial charge in [0.2, 0.25) is 11.8 Å². The second kappa shape index (κ2) is 6.89. The van der Waals surface area contributed by atoms with Crippen LogP contribution in [0.2, 0.25) is 0 Å². The van der Waals surface area contributed by atoms with E-state index in [1.165, 1.54) is 4.90 Å². The van der Waals surface area contributed by atoms with Crippen LogP contribution >= 0.6 is 0 Å². The predicted octanol–water partition coefficient (Wildman–Crippen LogP) is 3.96. The molecule has 0 unspecified atom stereocenters. The molecule has 32 heavy (non-hydrogen) atoms. The summed E-state index contributed by atoms with van der Waals surface area (Å²) >= 11 is 0. The lowest BCUT2D eigenvalue weighted by Crippen LogP contribution is -2.45. The summed E-state index contributed by atoms with van der Waals surface area (Å²) in [6, 6.07) is 15.0. The molecule has 0 spiro atoms. The van der Waals surface area contributed by atoms with Crippen molar-refractivity contribution in [3.8, 4) is 0 Å². The first kappa shape index (κ1) is 19.5. The van der Waals surface area contributed by atoms with Crippen LogP contribution in [0.15, 0.2) is 60.7 Å². The second-order valence-electron chi connectivity index (χ2n) is 9.85. The number of allylic oxidation sites excluding steroid dienone is 2. The van der Waals surface area contributed by atoms with Gasteiger partial charge in [-0.25, -0.2) is 0 Å². The van der Waals surface area contributed by atoms with Gasteiger partial charge in [-0.1, -0.05) is 36.4 Å². The summed E-state index contributed by atoms with van der Waals surface area (Å²) in [7, 11) is 0. The van der Waals surface area contributed by atoms with Gasteiger partial charge >= 0.3 is 0 Å². The molecule has 0 radical (unpaired) electrons. The molecule has 1 saturated heterocycles. The van der Waals surface area contributed by atoms with Gasteiger partial charge in [-0.15, -0.1) is 0 Å². The zero-order chi connectivity index (χ0) is 22.1. The first-order valence-corrected chi connectivity index (χ1v) is 11.4. The van der Waals surface area contributed by atoms with Crippen LogP contribution < -0.4 is 4.90 Å². The van der Waals surface area contributed by atoms with Crippen molar-refractivity contribution in [1.82, 2.24) is 4.90 Å². The van der Waals surface area contributed by atoms with Gasteiger partial charge in [0, 0.05) is 11.3 Å². The molecule has 2 bridgehead atoms. The van der Waals surface area contributed by atoms with E-state index in [-0.39, 0.29) is 48.1 Å². The van der Waals surface area contributed by atoms with E-state index in [1.807, 2.05) is 50.2 Å². The first-order valence-electron chi connectivity index (χ1n) is 11.4. The van der Waals surface area contributed by atoms with Gasteiger partial charge in [0.15, 0.2) is 0 Å². The molecular weight excluding hydrogens is 400 g/mol. The number of benzene rings is 2. The van der Waals surface area contributed by atoms with Crippen LogP contribution in [0.4, 0.5) is 5.69 Å². The lowest BCUT2D eigenvalue weighted by molar-refractivity contribution is -0.140. The smallest absolute Gasteiger partial charge is 0.259 e. The molecule has 2 saturated carbocycles. The molecule has 3 amide bonds. The third kappa shape index (κ3) is 2.80. The Kier molecular flexibility index (Phi) is 4.19. The van der Waals surface area contributed by atoms with Crippen molar-refractivity contribution in [2.75, 3.05) is 11.6 Å². The Morgan fingerprint density at radius 1 is 0.906 bits per heavy atom. The first-order chi connectivity index (χ1) is 15.4. The molecule has 162 valence electrons. The average molecular weight is 427 g/mol. The van der Waals surface area contributed by atoms with Crippen molar-refractivity contribution < 1.29 is 14.4 Å². The molecule has 1 heterocycles. The molecule has 1 aliphatic heterocycles. The minimum absolute atomic E-state index is 0.0456. The second-order valence-corrected chi connectivity index (χ2v) is 9.85. The topological polar surface area (TPSA) is 57.7 Å². The molecule has 3 fully saturated rings. The summed E-state index contributed by atoms with van der Waals surface area (Å²) in [5.41, 5.74) is 3.30. The molecular formula is C27H26N2O3. The standard InChI is InChI=1S/C27H26N2O3/c1-15-10-16(2)12-18(11-15)28(25(30)17-6-4-3-5-7-17)14-29-26(31)23-19-8-9-20(22-13-21(19)22)24(23)27(29)32/h3-12,19-24H,13-14H2,1-2H3/t19-,20+,21-,22-,23+,24-/m1/s1. The minimum Gasteiger partial charge on any atom is -0.290 e. The van der Waals surface area contributed by atoms with Crippen molar-refractivity contribution in [3.63, 3.8) is 0 Å². The van der Waals surface area contributed by atoms with Crippen LogP contribution in [-0.4, -0.2) is 29.3 Å². The van der Waals surface area contributed by atoms with Crippen molar-refractivity contribution >= 4 is 23.4 Å². The third-order valence-electron chi connectivity index (χ3n) is 7.82. The number of anilines is 1. The molecule has 5 heteroatoms. The fraction of sp³-hybridized carbons (Fsp3) is 0.370. The number of imide groups is 1. The lowest BCUT2D eigenvalue weighted by Gasteiger charge is -2.37. The fourth-order valence-corrected chi connectivity index (χ4v) is 6.41. The van der Waals surface area contributed by atoms with Crippen LogP contribution in [0.25, 0.3) is 0 Å². The van der Waals surface area contributed by atoms with Crippen LogP contribution in [0.1, 0.15) is 27.9 Å². The van der Waals surface area contributed by atoms with Crippen LogP contribution in [0.5, 0.6) is 0 Å². The van der Waals surface area contributed by atoms with Gasteiger partial charge in [-0.2, -0.15) is 0 Å². The van der Waals surface area contributed by atoms with Crippen molar-refractivity contribution in [3.05, 3.63) is 77.4 Å². The van der Waals surface area contributed by atoms with E-state index in [0.29, 0.717) is 23.1 Å². The quantitative estimate of drug-likeness (QED) is 0.549. The Balaban J connectivity index is 1.36. The van der Waals surface area contributed by atoms with Gasteiger partial charge in [0.1, 0.15) is 6.67 Å². The molecule has 2 aromatic carbocycles. The summed E-state index contributed by atoms with van der Waals surface area (Å²) in [5.74, 6) is 0.527. The van der Waals surface area contributed by atoms with Crippen LogP contribution in [0.3, 0.4) is 0 Å². The zero-order valence-electron chi connectivity index (χ0n) is 18.3. The molecule has 7 rings (SSSR count). The number of likely N-dealkylation sites (tertiary alicyclic amines) is 1. The van der Waals surface area contributed by atoms with E-state index >= 15 is 0 Å². The van der Waals surface area contributed by atoms with E-state index in [0.717, 1.165) is 17.5 Å². The maximum absolute atomic E-state index is 13.5. The Hall–Kier alpha value is -3.21. The van der Waals surface area contributed by atoms with Gasteiger partial charge in [-0.05, 0) is 79.3 Å². The fourth-order valence-electron chi connectivity index (χ4n) is 6.41. The summed E-state index contributed by atoms with van der Waals surface area (Å²) in [6.07, 6.45) is 5.48. The Bertz CT molecular complexity index is 1110. The molecule has 2 aromatic rings. The molecule has 5 nitrogen and oxygen atoms in total. The highest BCUT2D eigenvalue weighted by atomic mass is 16.2. The number of rotatable bonds is 4. The monoisotopic (exact) mass is 426 g/mol. The maximum atomic E-state index is 13.5. The summed E-state index contributed by atoms with van der Waals surface area (Å²) in [6.45, 7) is 3.92. The number of hydrogen-bond acceptors (Lipinski definition) is 3. The Morgan fingerprint density at radius 3 is 2.03 bits per heavy atom. The van der Waals surface area contributed by atoms with Crippen LogP contribution in [0, 0.1) is 49.4 Å². The average Bonchev–Trinajstić information content (AvgIpc) is 3.57. The molecule has 0 N–H and O–H groups in total. The van der Waals surface area contributed by atoms with Crippen molar-refractivity contribution in [1.29, 1.82) is 0 Å². The number of nitrogens with zero attached hydrogens (tertiary/aromatic N) is 2. The van der Waals surface area contributed by atoms with Gasteiger partial charge in [0.25, 0.3) is 5.91 Å². The molecule has 4 aliphatic carbocycles. The lowest BCUT2D eigenvalue weighted by atomic mass is 9.63. The molecule has 5 aliphatic rings.